The quantitative estimate of drug-likeness (QED) is 0.474. The molecule has 1 atom stereocenters. The van der Waals surface area contributed by atoms with Gasteiger partial charge in [-0.2, -0.15) is 13.9 Å². The maximum absolute atomic E-state index is 13.5. The minimum absolute atomic E-state index is 0.0238. The van der Waals surface area contributed by atoms with Gasteiger partial charge in [-0.15, -0.1) is 0 Å². The van der Waals surface area contributed by atoms with E-state index in [0.29, 0.717) is 35.6 Å². The number of halogens is 5. The van der Waals surface area contributed by atoms with Crippen molar-refractivity contribution in [3.63, 3.8) is 0 Å². The molecule has 0 bridgehead atoms. The van der Waals surface area contributed by atoms with E-state index in [0.717, 1.165) is 11.8 Å². The van der Waals surface area contributed by atoms with Crippen molar-refractivity contribution in [1.29, 1.82) is 0 Å². The summed E-state index contributed by atoms with van der Waals surface area (Å²) < 4.78 is 71.8. The zero-order valence-corrected chi connectivity index (χ0v) is 19.3. The summed E-state index contributed by atoms with van der Waals surface area (Å²) in [6.45, 7) is -1.37. The number of alkyl halides is 4. The molecular weight excluding hydrogens is 483 g/mol. The third-order valence-electron chi connectivity index (χ3n) is 6.63. The summed E-state index contributed by atoms with van der Waals surface area (Å²) in [5, 5.41) is 7.43. The normalized spacial score (nSPS) is 19.9. The lowest BCUT2D eigenvalue weighted by atomic mass is 9.74. The first kappa shape index (κ1) is 24.2. The van der Waals surface area contributed by atoms with E-state index in [-0.39, 0.29) is 18.1 Å². The molecule has 1 aromatic carbocycles. The van der Waals surface area contributed by atoms with E-state index in [9.17, 15) is 26.7 Å². The van der Waals surface area contributed by atoms with E-state index in [1.807, 2.05) is 0 Å². The van der Waals surface area contributed by atoms with Gasteiger partial charge in [-0.05, 0) is 44.0 Å². The maximum Gasteiger partial charge on any atom is 0.387 e. The van der Waals surface area contributed by atoms with Gasteiger partial charge in [0.2, 0.25) is 5.91 Å². The molecule has 1 saturated carbocycles. The van der Waals surface area contributed by atoms with Gasteiger partial charge >= 0.3 is 6.61 Å². The standard InChI is InChI=1S/C25H23F5N4O2/c1-24(12-25(29,30)13-24)32-22(35)15-5-7-18-19(10-15)34(20-8-6-16(26)11-31-20)33-21(18)14-3-2-4-17(9-14)36-23(27)28/h2-4,6,8-9,11,15,23H,5,7,10,12-13H2,1H3,(H,32,35). The van der Waals surface area contributed by atoms with Gasteiger partial charge in [0, 0.05) is 41.8 Å². The second-order valence-corrected chi connectivity index (χ2v) is 9.63. The molecule has 2 aliphatic rings. The summed E-state index contributed by atoms with van der Waals surface area (Å²) in [5.74, 6) is -3.80. The van der Waals surface area contributed by atoms with Gasteiger partial charge in [0.15, 0.2) is 5.82 Å². The molecule has 2 aromatic heterocycles. The fourth-order valence-corrected chi connectivity index (χ4v) is 5.15. The van der Waals surface area contributed by atoms with E-state index in [1.165, 1.54) is 28.9 Å². The average Bonchev–Trinajstić information content (AvgIpc) is 3.16. The molecular formula is C25H23F5N4O2. The predicted molar refractivity (Wildman–Crippen MR) is 120 cm³/mol. The number of fused-ring (bicyclic) bond motifs is 1. The molecule has 0 radical (unpaired) electrons. The van der Waals surface area contributed by atoms with Crippen LogP contribution in [0.15, 0.2) is 42.6 Å². The van der Waals surface area contributed by atoms with Crippen LogP contribution in [-0.4, -0.2) is 38.7 Å². The van der Waals surface area contributed by atoms with Gasteiger partial charge in [-0.3, -0.25) is 4.79 Å². The summed E-state index contributed by atoms with van der Waals surface area (Å²) in [6.07, 6.45) is 1.40. The summed E-state index contributed by atoms with van der Waals surface area (Å²) in [7, 11) is 0. The van der Waals surface area contributed by atoms with E-state index in [1.54, 1.807) is 19.1 Å². The van der Waals surface area contributed by atoms with Crippen LogP contribution in [0.1, 0.15) is 37.4 Å². The van der Waals surface area contributed by atoms with Gasteiger partial charge in [0.1, 0.15) is 11.6 Å². The van der Waals surface area contributed by atoms with Gasteiger partial charge in [0.05, 0.1) is 17.6 Å². The summed E-state index contributed by atoms with van der Waals surface area (Å²) >= 11 is 0. The molecule has 1 N–H and O–H groups in total. The molecule has 1 amide bonds. The summed E-state index contributed by atoms with van der Waals surface area (Å²) in [4.78, 5) is 17.1. The molecule has 1 fully saturated rings. The highest BCUT2D eigenvalue weighted by Gasteiger charge is 2.54. The molecule has 36 heavy (non-hydrogen) atoms. The molecule has 2 aliphatic carbocycles. The van der Waals surface area contributed by atoms with Crippen LogP contribution in [0, 0.1) is 11.7 Å². The molecule has 0 aliphatic heterocycles. The third-order valence-corrected chi connectivity index (χ3v) is 6.63. The number of nitrogens with zero attached hydrogens (tertiary/aromatic N) is 3. The van der Waals surface area contributed by atoms with E-state index in [4.69, 9.17) is 0 Å². The van der Waals surface area contributed by atoms with E-state index in [2.05, 4.69) is 20.1 Å². The third kappa shape index (κ3) is 4.78. The molecule has 6 nitrogen and oxygen atoms in total. The first-order valence-corrected chi connectivity index (χ1v) is 11.5. The van der Waals surface area contributed by atoms with Crippen molar-refractivity contribution in [3.05, 3.63) is 59.7 Å². The number of nitrogens with one attached hydrogen (secondary N) is 1. The largest absolute Gasteiger partial charge is 0.435 e. The minimum atomic E-state index is -2.98. The van der Waals surface area contributed by atoms with Crippen LogP contribution in [0.3, 0.4) is 0 Å². The Morgan fingerprint density at radius 3 is 2.67 bits per heavy atom. The van der Waals surface area contributed by atoms with Crippen molar-refractivity contribution in [2.24, 2.45) is 5.92 Å². The number of hydrogen-bond acceptors (Lipinski definition) is 4. The number of benzene rings is 1. The van der Waals surface area contributed by atoms with Crippen molar-refractivity contribution >= 4 is 5.91 Å². The number of rotatable bonds is 6. The average molecular weight is 506 g/mol. The van der Waals surface area contributed by atoms with Gasteiger partial charge in [-0.25, -0.2) is 22.8 Å². The maximum atomic E-state index is 13.5. The topological polar surface area (TPSA) is 69.0 Å². The molecule has 0 saturated heterocycles. The smallest absolute Gasteiger partial charge is 0.387 e. The van der Waals surface area contributed by atoms with Crippen LogP contribution in [0.25, 0.3) is 17.1 Å². The van der Waals surface area contributed by atoms with E-state index >= 15 is 0 Å². The van der Waals surface area contributed by atoms with Crippen LogP contribution in [0.4, 0.5) is 22.0 Å². The van der Waals surface area contributed by atoms with Crippen LogP contribution in [0.5, 0.6) is 5.75 Å². The van der Waals surface area contributed by atoms with Crippen LogP contribution in [0.2, 0.25) is 0 Å². The molecule has 2 heterocycles. The van der Waals surface area contributed by atoms with Gasteiger partial charge in [-0.1, -0.05) is 12.1 Å². The Morgan fingerprint density at radius 1 is 1.22 bits per heavy atom. The summed E-state index contributed by atoms with van der Waals surface area (Å²) in [6, 6.07) is 8.82. The minimum Gasteiger partial charge on any atom is -0.435 e. The lowest BCUT2D eigenvalue weighted by Crippen LogP contribution is -2.61. The number of ether oxygens (including phenoxy) is 1. The van der Waals surface area contributed by atoms with Crippen molar-refractivity contribution < 1.29 is 31.5 Å². The fourth-order valence-electron chi connectivity index (χ4n) is 5.15. The number of hydrogen-bond donors (Lipinski definition) is 1. The zero-order chi connectivity index (χ0) is 25.7. The molecule has 11 heteroatoms. The Kier molecular flexibility index (Phi) is 5.96. The zero-order valence-electron chi connectivity index (χ0n) is 19.3. The van der Waals surface area contributed by atoms with Gasteiger partial charge < -0.3 is 10.1 Å². The number of amides is 1. The SMILES string of the molecule is CC1(NC(=O)C2CCc3c(-c4cccc(OC(F)F)c4)nn(-c4ccc(F)cn4)c3C2)CC(F)(F)C1. The highest BCUT2D eigenvalue weighted by molar-refractivity contribution is 5.81. The highest BCUT2D eigenvalue weighted by Crippen LogP contribution is 2.45. The Morgan fingerprint density at radius 2 is 2.00 bits per heavy atom. The number of pyridine rings is 1. The van der Waals surface area contributed by atoms with Crippen LogP contribution >= 0.6 is 0 Å². The Balaban J connectivity index is 1.48. The second kappa shape index (κ2) is 8.86. The fraction of sp³-hybridized carbons (Fsp3) is 0.400. The Labute approximate surface area is 203 Å². The molecule has 190 valence electrons. The summed E-state index contributed by atoms with van der Waals surface area (Å²) in [5.41, 5.74) is 1.58. The second-order valence-electron chi connectivity index (χ2n) is 9.63. The Hall–Kier alpha value is -3.50. The van der Waals surface area contributed by atoms with E-state index < -0.39 is 42.6 Å². The number of aromatic nitrogens is 3. The van der Waals surface area contributed by atoms with Gasteiger partial charge in [0.25, 0.3) is 5.92 Å². The van der Waals surface area contributed by atoms with Crippen LogP contribution in [-0.2, 0) is 17.6 Å². The first-order valence-electron chi connectivity index (χ1n) is 11.5. The molecule has 1 unspecified atom stereocenters. The molecule has 0 spiro atoms. The van der Waals surface area contributed by atoms with Crippen molar-refractivity contribution in [2.45, 2.75) is 57.1 Å². The van der Waals surface area contributed by atoms with Crippen molar-refractivity contribution in [3.8, 4) is 22.8 Å². The number of carbonyl (C=O) groups is 1. The predicted octanol–water partition coefficient (Wildman–Crippen LogP) is 5.08. The van der Waals surface area contributed by atoms with Crippen molar-refractivity contribution in [2.75, 3.05) is 0 Å². The Bertz CT molecular complexity index is 1280. The lowest BCUT2D eigenvalue weighted by molar-refractivity contribution is -0.146. The van der Waals surface area contributed by atoms with Crippen molar-refractivity contribution in [1.82, 2.24) is 20.1 Å². The van der Waals surface area contributed by atoms with Crippen LogP contribution < -0.4 is 10.1 Å². The molecule has 3 aromatic rings. The lowest BCUT2D eigenvalue weighted by Gasteiger charge is -2.46. The highest BCUT2D eigenvalue weighted by atomic mass is 19.3. The number of carbonyl (C=O) groups excluding carboxylic acids is 1. The first-order chi connectivity index (χ1) is 17.0. The molecule has 5 rings (SSSR count). The monoisotopic (exact) mass is 506 g/mol.